The van der Waals surface area contributed by atoms with Crippen molar-refractivity contribution in [1.82, 2.24) is 15.5 Å². The fourth-order valence-electron chi connectivity index (χ4n) is 3.39. The number of nitrogens with one attached hydrogen (secondary N) is 2. The van der Waals surface area contributed by atoms with E-state index in [1.54, 1.807) is 21.3 Å². The first-order valence-corrected chi connectivity index (χ1v) is 11.1. The summed E-state index contributed by atoms with van der Waals surface area (Å²) < 4.78 is 16.4. The van der Waals surface area contributed by atoms with E-state index in [9.17, 15) is 0 Å². The molecule has 0 heterocycles. The Bertz CT molecular complexity index is 608. The Balaban J connectivity index is 2.70. The first kappa shape index (κ1) is 25.9. The zero-order chi connectivity index (χ0) is 22.4. The molecule has 0 amide bonds. The van der Waals surface area contributed by atoms with Crippen molar-refractivity contribution in [3.63, 3.8) is 0 Å². The summed E-state index contributed by atoms with van der Waals surface area (Å²) in [4.78, 5) is 7.22. The lowest BCUT2D eigenvalue weighted by atomic mass is 10.1. The van der Waals surface area contributed by atoms with Crippen LogP contribution >= 0.6 is 0 Å². The molecule has 0 saturated carbocycles. The predicted molar refractivity (Wildman–Crippen MR) is 125 cm³/mol. The molecule has 1 rings (SSSR count). The maximum atomic E-state index is 5.54. The van der Waals surface area contributed by atoms with E-state index in [1.165, 1.54) is 6.42 Å². The van der Waals surface area contributed by atoms with Gasteiger partial charge in [-0.1, -0.05) is 13.8 Å². The van der Waals surface area contributed by atoms with Gasteiger partial charge in [0.05, 0.1) is 21.3 Å². The van der Waals surface area contributed by atoms with Crippen LogP contribution in [0.4, 0.5) is 0 Å². The van der Waals surface area contributed by atoms with Crippen molar-refractivity contribution in [2.24, 2.45) is 4.99 Å². The van der Waals surface area contributed by atoms with Crippen molar-refractivity contribution in [3.8, 4) is 17.2 Å². The molecule has 0 aliphatic heterocycles. The van der Waals surface area contributed by atoms with E-state index in [1.807, 2.05) is 12.1 Å². The third-order valence-corrected chi connectivity index (χ3v) is 5.18. The smallest absolute Gasteiger partial charge is 0.191 e. The summed E-state index contributed by atoms with van der Waals surface area (Å²) in [5, 5.41) is 6.87. The average Bonchev–Trinajstić information content (AvgIpc) is 2.76. The van der Waals surface area contributed by atoms with Gasteiger partial charge in [-0.3, -0.25) is 4.99 Å². The molecule has 0 saturated heterocycles. The lowest BCUT2D eigenvalue weighted by Gasteiger charge is -2.21. The Labute approximate surface area is 183 Å². The number of ether oxygens (including phenoxy) is 3. The minimum atomic E-state index is 0.364. The van der Waals surface area contributed by atoms with E-state index in [2.05, 4.69) is 43.2 Å². The van der Waals surface area contributed by atoms with Crippen molar-refractivity contribution in [3.05, 3.63) is 17.7 Å². The third kappa shape index (κ3) is 8.69. The second-order valence-corrected chi connectivity index (χ2v) is 7.24. The van der Waals surface area contributed by atoms with Crippen molar-refractivity contribution in [1.29, 1.82) is 0 Å². The molecule has 7 heteroatoms. The fraction of sp³-hybridized carbons (Fsp3) is 0.696. The minimum Gasteiger partial charge on any atom is -0.496 e. The van der Waals surface area contributed by atoms with E-state index in [4.69, 9.17) is 19.2 Å². The number of guanidine groups is 1. The summed E-state index contributed by atoms with van der Waals surface area (Å²) in [5.41, 5.74) is 0.993. The second-order valence-electron chi connectivity index (χ2n) is 7.24. The van der Waals surface area contributed by atoms with Crippen LogP contribution in [-0.2, 0) is 6.42 Å². The van der Waals surface area contributed by atoms with Gasteiger partial charge in [-0.2, -0.15) is 0 Å². The lowest BCUT2D eigenvalue weighted by Crippen LogP contribution is -2.42. The fourth-order valence-corrected chi connectivity index (χ4v) is 3.39. The number of aliphatic imine (C=N–C) groups is 1. The van der Waals surface area contributed by atoms with Crippen molar-refractivity contribution < 1.29 is 14.2 Å². The normalized spacial score (nSPS) is 12.6. The van der Waals surface area contributed by atoms with Crippen molar-refractivity contribution >= 4 is 5.96 Å². The number of benzene rings is 1. The summed E-state index contributed by atoms with van der Waals surface area (Å²) in [6, 6.07) is 4.12. The standard InChI is InChI=1S/C23H42N4O3/c1-8-24-23(26-18(4)12-11-15-27(9-2)10-3)25-14-13-20-21(29-6)16-19(28-5)17-22(20)30-7/h16-18H,8-15H2,1-7H3,(H2,24,25,26). The molecular formula is C23H42N4O3. The molecule has 2 N–H and O–H groups in total. The molecule has 0 fully saturated rings. The summed E-state index contributed by atoms with van der Waals surface area (Å²) in [7, 11) is 4.95. The van der Waals surface area contributed by atoms with Gasteiger partial charge in [0.2, 0.25) is 0 Å². The largest absolute Gasteiger partial charge is 0.496 e. The highest BCUT2D eigenvalue weighted by Gasteiger charge is 2.13. The van der Waals surface area contributed by atoms with E-state index in [0.717, 1.165) is 55.6 Å². The highest BCUT2D eigenvalue weighted by Crippen LogP contribution is 2.34. The summed E-state index contributed by atoms with van der Waals surface area (Å²) in [6.07, 6.45) is 3.00. The molecule has 7 nitrogen and oxygen atoms in total. The molecule has 1 unspecified atom stereocenters. The summed E-state index contributed by atoms with van der Waals surface area (Å²) in [6.45, 7) is 13.5. The zero-order valence-electron chi connectivity index (χ0n) is 20.0. The molecule has 0 spiro atoms. The molecule has 0 aliphatic rings. The van der Waals surface area contributed by atoms with E-state index >= 15 is 0 Å². The van der Waals surface area contributed by atoms with Gasteiger partial charge in [-0.15, -0.1) is 0 Å². The van der Waals surface area contributed by atoms with Gasteiger partial charge in [-0.25, -0.2) is 0 Å². The maximum absolute atomic E-state index is 5.54. The molecule has 0 aliphatic carbocycles. The van der Waals surface area contributed by atoms with Crippen LogP contribution in [-0.4, -0.2) is 71.0 Å². The van der Waals surface area contributed by atoms with Crippen molar-refractivity contribution in [2.75, 3.05) is 54.1 Å². The Morgan fingerprint density at radius 3 is 2.17 bits per heavy atom. The summed E-state index contributed by atoms with van der Waals surface area (Å²) >= 11 is 0. The highest BCUT2D eigenvalue weighted by molar-refractivity contribution is 5.80. The quantitative estimate of drug-likeness (QED) is 0.354. The van der Waals surface area contributed by atoms with Crippen LogP contribution in [0.1, 0.15) is 46.1 Å². The molecule has 1 aromatic rings. The van der Waals surface area contributed by atoms with Crippen LogP contribution in [0.3, 0.4) is 0 Å². The Hall–Kier alpha value is -2.15. The van der Waals surface area contributed by atoms with Gasteiger partial charge in [0.15, 0.2) is 5.96 Å². The van der Waals surface area contributed by atoms with Crippen LogP contribution in [0.2, 0.25) is 0 Å². The predicted octanol–water partition coefficient (Wildman–Crippen LogP) is 3.32. The lowest BCUT2D eigenvalue weighted by molar-refractivity contribution is 0.292. The van der Waals surface area contributed by atoms with Crippen LogP contribution < -0.4 is 24.8 Å². The summed E-state index contributed by atoms with van der Waals surface area (Å²) in [5.74, 6) is 3.07. The van der Waals surface area contributed by atoms with Crippen LogP contribution in [0.15, 0.2) is 17.1 Å². The monoisotopic (exact) mass is 422 g/mol. The van der Waals surface area contributed by atoms with Crippen molar-refractivity contribution in [2.45, 2.75) is 53.0 Å². The highest BCUT2D eigenvalue weighted by atomic mass is 16.5. The molecule has 172 valence electrons. The first-order chi connectivity index (χ1) is 14.5. The third-order valence-electron chi connectivity index (χ3n) is 5.18. The molecule has 1 atom stereocenters. The van der Waals surface area contributed by atoms with Gasteiger partial charge >= 0.3 is 0 Å². The Kier molecular flexibility index (Phi) is 12.7. The maximum Gasteiger partial charge on any atom is 0.191 e. The van der Waals surface area contributed by atoms with Crippen LogP contribution in [0, 0.1) is 0 Å². The minimum absolute atomic E-state index is 0.364. The molecule has 0 radical (unpaired) electrons. The van der Waals surface area contributed by atoms with E-state index in [0.29, 0.717) is 24.8 Å². The Morgan fingerprint density at radius 1 is 1.03 bits per heavy atom. The first-order valence-electron chi connectivity index (χ1n) is 11.1. The van der Waals surface area contributed by atoms with Crippen LogP contribution in [0.25, 0.3) is 0 Å². The van der Waals surface area contributed by atoms with Gasteiger partial charge in [0.1, 0.15) is 17.2 Å². The van der Waals surface area contributed by atoms with Gasteiger partial charge in [-0.05, 0) is 52.7 Å². The van der Waals surface area contributed by atoms with Crippen LogP contribution in [0.5, 0.6) is 17.2 Å². The van der Waals surface area contributed by atoms with Gasteiger partial charge in [0, 0.05) is 36.8 Å². The van der Waals surface area contributed by atoms with Gasteiger partial charge in [0.25, 0.3) is 0 Å². The molecular weight excluding hydrogens is 380 g/mol. The zero-order valence-corrected chi connectivity index (χ0v) is 20.0. The number of hydrogen-bond acceptors (Lipinski definition) is 5. The number of hydrogen-bond donors (Lipinski definition) is 2. The topological polar surface area (TPSA) is 67.4 Å². The SMILES string of the molecule is CCNC(=NCCc1c(OC)cc(OC)cc1OC)NC(C)CCCN(CC)CC. The number of nitrogens with zero attached hydrogens (tertiary/aromatic N) is 2. The molecule has 30 heavy (non-hydrogen) atoms. The van der Waals surface area contributed by atoms with Gasteiger partial charge < -0.3 is 29.7 Å². The molecule has 1 aromatic carbocycles. The number of rotatable bonds is 14. The average molecular weight is 423 g/mol. The van der Waals surface area contributed by atoms with E-state index in [-0.39, 0.29) is 0 Å². The number of methoxy groups -OCH3 is 3. The second kappa shape index (κ2) is 14.8. The van der Waals surface area contributed by atoms with E-state index < -0.39 is 0 Å². The molecule has 0 aromatic heterocycles. The Morgan fingerprint density at radius 2 is 1.67 bits per heavy atom. The molecule has 0 bridgehead atoms.